The number of nitro benzene ring substituents is 1. The van der Waals surface area contributed by atoms with E-state index in [0.717, 1.165) is 0 Å². The highest BCUT2D eigenvalue weighted by Gasteiger charge is 2.08. The maximum atomic E-state index is 11.1. The summed E-state index contributed by atoms with van der Waals surface area (Å²) in [6.07, 6.45) is 0.0984. The molecule has 1 rings (SSSR count). The Morgan fingerprint density at radius 1 is 1.28 bits per heavy atom. The predicted molar refractivity (Wildman–Crippen MR) is 64.6 cm³/mol. The van der Waals surface area contributed by atoms with Crippen molar-refractivity contribution in [2.24, 2.45) is 0 Å². The fraction of sp³-hybridized carbons (Fsp3) is 0.222. The third-order valence-corrected chi connectivity index (χ3v) is 3.20. The number of carbonyl (C=O) groups is 1. The number of anilines is 1. The highest BCUT2D eigenvalue weighted by Crippen LogP contribution is 2.14. The molecule has 0 fully saturated rings. The van der Waals surface area contributed by atoms with Gasteiger partial charge >= 0.3 is 0 Å². The third kappa shape index (κ3) is 4.37. The minimum atomic E-state index is -3.61. The van der Waals surface area contributed by atoms with Gasteiger partial charge in [-0.2, -0.15) is 0 Å². The molecule has 0 aromatic heterocycles. The highest BCUT2D eigenvalue weighted by molar-refractivity contribution is 7.89. The summed E-state index contributed by atoms with van der Waals surface area (Å²) in [6, 6.07) is 5.55. The molecule has 0 heterocycles. The SMILES string of the molecule is O=CNS(=O)(=O)CCNc1ccc([N+](=O)[O-])cc1. The molecule has 98 valence electrons. The second-order valence-corrected chi connectivity index (χ2v) is 5.16. The smallest absolute Gasteiger partial charge is 0.269 e. The molecule has 0 saturated carbocycles. The van der Waals surface area contributed by atoms with Gasteiger partial charge in [0.2, 0.25) is 16.4 Å². The van der Waals surface area contributed by atoms with Crippen molar-refractivity contribution in [3.63, 3.8) is 0 Å². The van der Waals surface area contributed by atoms with Gasteiger partial charge in [0.25, 0.3) is 5.69 Å². The largest absolute Gasteiger partial charge is 0.384 e. The van der Waals surface area contributed by atoms with Crippen LogP contribution in [-0.4, -0.2) is 32.0 Å². The minimum absolute atomic E-state index is 0.0456. The van der Waals surface area contributed by atoms with E-state index in [2.05, 4.69) is 5.32 Å². The van der Waals surface area contributed by atoms with Gasteiger partial charge in [0.1, 0.15) is 0 Å². The second kappa shape index (κ2) is 5.96. The van der Waals surface area contributed by atoms with E-state index in [1.165, 1.54) is 24.3 Å². The average Bonchev–Trinajstić information content (AvgIpc) is 2.29. The van der Waals surface area contributed by atoms with E-state index in [-0.39, 0.29) is 24.4 Å². The number of benzene rings is 1. The lowest BCUT2D eigenvalue weighted by Crippen LogP contribution is -2.28. The van der Waals surface area contributed by atoms with Crippen LogP contribution in [0.4, 0.5) is 11.4 Å². The maximum Gasteiger partial charge on any atom is 0.269 e. The Labute approximate surface area is 103 Å². The van der Waals surface area contributed by atoms with Crippen LogP contribution < -0.4 is 10.0 Å². The van der Waals surface area contributed by atoms with E-state index < -0.39 is 14.9 Å². The van der Waals surface area contributed by atoms with Crippen molar-refractivity contribution in [1.29, 1.82) is 0 Å². The number of rotatable bonds is 7. The molecule has 0 saturated heterocycles. The summed E-state index contributed by atoms with van der Waals surface area (Å²) in [7, 11) is -3.61. The number of nitrogens with one attached hydrogen (secondary N) is 2. The molecule has 0 bridgehead atoms. The number of hydrogen-bond donors (Lipinski definition) is 2. The molecule has 1 aromatic rings. The topological polar surface area (TPSA) is 118 Å². The summed E-state index contributed by atoms with van der Waals surface area (Å²) < 4.78 is 23.9. The molecule has 0 spiro atoms. The van der Waals surface area contributed by atoms with Gasteiger partial charge in [0.05, 0.1) is 10.7 Å². The van der Waals surface area contributed by atoms with Crippen molar-refractivity contribution in [1.82, 2.24) is 4.72 Å². The molecule has 1 amide bonds. The van der Waals surface area contributed by atoms with Crippen molar-refractivity contribution in [2.45, 2.75) is 0 Å². The maximum absolute atomic E-state index is 11.1. The van der Waals surface area contributed by atoms with Crippen LogP contribution in [-0.2, 0) is 14.8 Å². The Hall–Kier alpha value is -2.16. The van der Waals surface area contributed by atoms with Crippen molar-refractivity contribution >= 4 is 27.8 Å². The number of sulfonamides is 1. The summed E-state index contributed by atoms with van der Waals surface area (Å²) in [6.45, 7) is 0.0843. The predicted octanol–water partition coefficient (Wildman–Crippen LogP) is 0.0825. The molecule has 0 aliphatic rings. The first-order valence-corrected chi connectivity index (χ1v) is 6.52. The molecule has 18 heavy (non-hydrogen) atoms. The van der Waals surface area contributed by atoms with Gasteiger partial charge in [-0.1, -0.05) is 0 Å². The molecule has 0 unspecified atom stereocenters. The quantitative estimate of drug-likeness (QED) is 0.412. The monoisotopic (exact) mass is 273 g/mol. The fourth-order valence-corrected chi connectivity index (χ4v) is 1.80. The first-order chi connectivity index (χ1) is 8.44. The zero-order valence-corrected chi connectivity index (χ0v) is 10.0. The fourth-order valence-electron chi connectivity index (χ4n) is 1.16. The molecule has 0 aliphatic heterocycles. The van der Waals surface area contributed by atoms with Gasteiger partial charge < -0.3 is 5.32 Å². The van der Waals surface area contributed by atoms with Crippen LogP contribution in [0.25, 0.3) is 0 Å². The van der Waals surface area contributed by atoms with Crippen molar-refractivity contribution in [3.8, 4) is 0 Å². The van der Waals surface area contributed by atoms with Crippen LogP contribution in [0, 0.1) is 10.1 Å². The summed E-state index contributed by atoms with van der Waals surface area (Å²) in [5, 5.41) is 13.2. The Kier molecular flexibility index (Phi) is 4.60. The first-order valence-electron chi connectivity index (χ1n) is 4.86. The van der Waals surface area contributed by atoms with Crippen molar-refractivity contribution < 1.29 is 18.1 Å². The molecule has 2 N–H and O–H groups in total. The Bertz CT molecular complexity index is 526. The molecule has 0 radical (unpaired) electrons. The van der Waals surface area contributed by atoms with E-state index in [0.29, 0.717) is 5.69 Å². The molecular weight excluding hydrogens is 262 g/mol. The summed E-state index contributed by atoms with van der Waals surface area (Å²) >= 11 is 0. The lowest BCUT2D eigenvalue weighted by atomic mass is 10.3. The van der Waals surface area contributed by atoms with Gasteiger partial charge in [-0.3, -0.25) is 19.6 Å². The number of non-ortho nitro benzene ring substituents is 1. The second-order valence-electron chi connectivity index (χ2n) is 3.29. The van der Waals surface area contributed by atoms with E-state index >= 15 is 0 Å². The molecule has 1 aromatic carbocycles. The van der Waals surface area contributed by atoms with Crippen LogP contribution >= 0.6 is 0 Å². The van der Waals surface area contributed by atoms with E-state index in [9.17, 15) is 23.3 Å². The Morgan fingerprint density at radius 2 is 1.89 bits per heavy atom. The summed E-state index contributed by atoms with van der Waals surface area (Å²) in [5.74, 6) is -0.275. The van der Waals surface area contributed by atoms with Gasteiger partial charge in [-0.15, -0.1) is 0 Å². The van der Waals surface area contributed by atoms with Gasteiger partial charge in [0, 0.05) is 24.4 Å². The van der Waals surface area contributed by atoms with Crippen LogP contribution in [0.2, 0.25) is 0 Å². The van der Waals surface area contributed by atoms with Crippen molar-refractivity contribution in [2.75, 3.05) is 17.6 Å². The number of nitrogens with zero attached hydrogens (tertiary/aromatic N) is 1. The highest BCUT2D eigenvalue weighted by atomic mass is 32.2. The molecule has 0 atom stereocenters. The molecule has 0 aliphatic carbocycles. The minimum Gasteiger partial charge on any atom is -0.384 e. The van der Waals surface area contributed by atoms with Crippen molar-refractivity contribution in [3.05, 3.63) is 34.4 Å². The number of nitro groups is 1. The molecule has 8 nitrogen and oxygen atoms in total. The Morgan fingerprint density at radius 3 is 2.39 bits per heavy atom. The third-order valence-electron chi connectivity index (χ3n) is 2.01. The zero-order valence-electron chi connectivity index (χ0n) is 9.20. The summed E-state index contributed by atoms with van der Waals surface area (Å²) in [5.41, 5.74) is 0.512. The van der Waals surface area contributed by atoms with Crippen LogP contribution in [0.3, 0.4) is 0 Å². The first kappa shape index (κ1) is 13.9. The molecule has 9 heteroatoms. The number of carbonyl (C=O) groups excluding carboxylic acids is 1. The lowest BCUT2D eigenvalue weighted by Gasteiger charge is -2.06. The average molecular weight is 273 g/mol. The van der Waals surface area contributed by atoms with Gasteiger partial charge in [0.15, 0.2) is 0 Å². The van der Waals surface area contributed by atoms with Crippen LogP contribution in [0.15, 0.2) is 24.3 Å². The lowest BCUT2D eigenvalue weighted by molar-refractivity contribution is -0.384. The zero-order chi connectivity index (χ0) is 13.6. The van der Waals surface area contributed by atoms with Crippen LogP contribution in [0.1, 0.15) is 0 Å². The standard InChI is InChI=1S/C9H11N3O5S/c13-7-11-18(16,17)6-5-10-8-1-3-9(4-2-8)12(14)15/h1-4,7,10H,5-6H2,(H,11,13). The van der Waals surface area contributed by atoms with E-state index in [1.807, 2.05) is 0 Å². The molecular formula is C9H11N3O5S. The summed E-state index contributed by atoms with van der Waals surface area (Å²) in [4.78, 5) is 19.8. The van der Waals surface area contributed by atoms with Crippen LogP contribution in [0.5, 0.6) is 0 Å². The van der Waals surface area contributed by atoms with Gasteiger partial charge in [-0.05, 0) is 12.1 Å². The van der Waals surface area contributed by atoms with E-state index in [1.54, 1.807) is 4.72 Å². The van der Waals surface area contributed by atoms with E-state index in [4.69, 9.17) is 0 Å². The normalized spacial score (nSPS) is 10.7. The number of hydrogen-bond acceptors (Lipinski definition) is 6. The Balaban J connectivity index is 2.49. The van der Waals surface area contributed by atoms with Gasteiger partial charge in [-0.25, -0.2) is 8.42 Å². The number of amides is 1.